The van der Waals surface area contributed by atoms with Crippen LogP contribution in [0.1, 0.15) is 16.7 Å². The largest absolute Gasteiger partial charge is 0.302 e. The van der Waals surface area contributed by atoms with Crippen LogP contribution in [-0.4, -0.2) is 11.6 Å². The molecule has 4 heteroatoms. The first-order valence-corrected chi connectivity index (χ1v) is 10.7. The van der Waals surface area contributed by atoms with Crippen LogP contribution in [0.3, 0.4) is 0 Å². The molecule has 1 aliphatic rings. The molecule has 4 aromatic rings. The Bertz CT molecular complexity index is 1240. The van der Waals surface area contributed by atoms with Crippen LogP contribution in [-0.2, 0) is 17.9 Å². The summed E-state index contributed by atoms with van der Waals surface area (Å²) >= 11 is 0. The molecule has 0 atom stereocenters. The van der Waals surface area contributed by atoms with Gasteiger partial charge in [-0.1, -0.05) is 97.1 Å². The van der Waals surface area contributed by atoms with Gasteiger partial charge in [0, 0.05) is 5.56 Å². The summed E-state index contributed by atoms with van der Waals surface area (Å²) in [6.45, 7) is 1.09. The average molecular weight is 418 g/mol. The molecule has 0 saturated carbocycles. The summed E-state index contributed by atoms with van der Waals surface area (Å²) in [6.07, 6.45) is 0. The Hall–Kier alpha value is -4.18. The molecule has 0 fully saturated rings. The lowest BCUT2D eigenvalue weighted by atomic mass is 10.1. The summed E-state index contributed by atoms with van der Waals surface area (Å²) in [5, 5.41) is 6.82. The van der Waals surface area contributed by atoms with Gasteiger partial charge in [0.15, 0.2) is 5.71 Å². The zero-order chi connectivity index (χ0) is 21.8. The lowest BCUT2D eigenvalue weighted by molar-refractivity contribution is -0.112. The van der Waals surface area contributed by atoms with Crippen molar-refractivity contribution in [2.75, 3.05) is 9.91 Å². The Kier molecular flexibility index (Phi) is 5.50. The van der Waals surface area contributed by atoms with Crippen molar-refractivity contribution in [3.05, 3.63) is 132 Å². The lowest BCUT2D eigenvalue weighted by Crippen LogP contribution is -2.31. The molecule has 0 bridgehead atoms. The van der Waals surface area contributed by atoms with Crippen LogP contribution in [0.15, 0.2) is 120 Å². The highest BCUT2D eigenvalue weighted by Crippen LogP contribution is 2.31. The summed E-state index contributed by atoms with van der Waals surface area (Å²) in [6, 6.07) is 38.1. The molecular formula is C28H23N3O. The van der Waals surface area contributed by atoms with Crippen molar-refractivity contribution in [2.24, 2.45) is 5.10 Å². The smallest absolute Gasteiger partial charge is 0.279 e. The molecule has 4 nitrogen and oxygen atoms in total. The molecule has 32 heavy (non-hydrogen) atoms. The second-order valence-electron chi connectivity index (χ2n) is 7.72. The zero-order valence-electron chi connectivity index (χ0n) is 17.6. The van der Waals surface area contributed by atoms with Gasteiger partial charge in [-0.15, -0.1) is 0 Å². The third kappa shape index (κ3) is 4.03. The number of benzene rings is 4. The predicted octanol–water partition coefficient (Wildman–Crippen LogP) is 5.64. The molecular weight excluding hydrogens is 394 g/mol. The molecule has 156 valence electrons. The fourth-order valence-corrected chi connectivity index (χ4v) is 3.94. The van der Waals surface area contributed by atoms with Crippen molar-refractivity contribution in [3.8, 4) is 0 Å². The molecule has 0 spiro atoms. The van der Waals surface area contributed by atoms with Gasteiger partial charge in [-0.25, -0.2) is 0 Å². The van der Waals surface area contributed by atoms with Crippen molar-refractivity contribution in [1.82, 2.24) is 0 Å². The maximum Gasteiger partial charge on any atom is 0.279 e. The first-order chi connectivity index (χ1) is 15.8. The van der Waals surface area contributed by atoms with E-state index in [4.69, 9.17) is 5.10 Å². The SMILES string of the molecule is O=C1/C(=N\N(Cc2ccccc2)c2ccccc2)c2ccccc2N1Cc1ccccc1. The number of amides is 1. The number of anilines is 2. The molecule has 0 unspecified atom stereocenters. The van der Waals surface area contributed by atoms with Crippen molar-refractivity contribution in [3.63, 3.8) is 0 Å². The Morgan fingerprint density at radius 3 is 1.91 bits per heavy atom. The third-order valence-corrected chi connectivity index (χ3v) is 5.53. The van der Waals surface area contributed by atoms with E-state index in [1.54, 1.807) is 0 Å². The van der Waals surface area contributed by atoms with E-state index < -0.39 is 0 Å². The normalized spacial score (nSPS) is 13.9. The maximum absolute atomic E-state index is 13.6. The minimum atomic E-state index is -0.0796. The van der Waals surface area contributed by atoms with E-state index in [1.807, 2.05) is 113 Å². The quantitative estimate of drug-likeness (QED) is 0.380. The summed E-state index contributed by atoms with van der Waals surface area (Å²) in [4.78, 5) is 15.4. The number of fused-ring (bicyclic) bond motifs is 1. The first kappa shape index (κ1) is 19.8. The van der Waals surface area contributed by atoms with Crippen molar-refractivity contribution >= 4 is 23.0 Å². The Balaban J connectivity index is 1.54. The minimum Gasteiger partial charge on any atom is -0.302 e. The van der Waals surface area contributed by atoms with Crippen LogP contribution in [0.5, 0.6) is 0 Å². The van der Waals surface area contributed by atoms with E-state index in [2.05, 4.69) is 12.1 Å². The van der Waals surface area contributed by atoms with Gasteiger partial charge in [0.25, 0.3) is 5.91 Å². The fraction of sp³-hybridized carbons (Fsp3) is 0.0714. The topological polar surface area (TPSA) is 35.9 Å². The molecule has 0 saturated heterocycles. The molecule has 5 rings (SSSR count). The van der Waals surface area contributed by atoms with Crippen LogP contribution in [0, 0.1) is 0 Å². The van der Waals surface area contributed by atoms with Gasteiger partial charge in [-0.2, -0.15) is 5.10 Å². The molecule has 0 radical (unpaired) electrons. The zero-order valence-corrected chi connectivity index (χ0v) is 17.6. The van der Waals surface area contributed by atoms with E-state index in [-0.39, 0.29) is 5.91 Å². The average Bonchev–Trinajstić information content (AvgIpc) is 3.11. The molecule has 4 aromatic carbocycles. The fourth-order valence-electron chi connectivity index (χ4n) is 3.94. The third-order valence-electron chi connectivity index (χ3n) is 5.53. The highest BCUT2D eigenvalue weighted by molar-refractivity contribution is 6.54. The standard InChI is InChI=1S/C28H23N3O/c32-28-27(25-18-10-11-19-26(25)30(28)20-22-12-4-1-5-13-22)29-31(24-16-8-3-9-17-24)21-23-14-6-2-7-15-23/h1-19H,20-21H2/b29-27-. The molecule has 1 aliphatic heterocycles. The molecule has 1 amide bonds. The van der Waals surface area contributed by atoms with Gasteiger partial charge in [-0.3, -0.25) is 9.80 Å². The second-order valence-corrected chi connectivity index (χ2v) is 7.72. The second kappa shape index (κ2) is 8.90. The summed E-state index contributed by atoms with van der Waals surface area (Å²) < 4.78 is 0. The molecule has 1 heterocycles. The number of nitrogens with zero attached hydrogens (tertiary/aromatic N) is 3. The van der Waals surface area contributed by atoms with E-state index >= 15 is 0 Å². The van der Waals surface area contributed by atoms with Gasteiger partial charge in [0.2, 0.25) is 0 Å². The van der Waals surface area contributed by atoms with E-state index in [0.717, 1.165) is 28.1 Å². The molecule has 0 N–H and O–H groups in total. The van der Waals surface area contributed by atoms with Crippen LogP contribution in [0.25, 0.3) is 0 Å². The number of hydrogen-bond donors (Lipinski definition) is 0. The van der Waals surface area contributed by atoms with Gasteiger partial charge < -0.3 is 4.90 Å². The number of para-hydroxylation sites is 2. The van der Waals surface area contributed by atoms with E-state index in [9.17, 15) is 4.79 Å². The molecule has 0 aromatic heterocycles. The highest BCUT2D eigenvalue weighted by atomic mass is 16.2. The Morgan fingerprint density at radius 2 is 1.22 bits per heavy atom. The van der Waals surface area contributed by atoms with Gasteiger partial charge in [0.1, 0.15) is 0 Å². The summed E-state index contributed by atoms with van der Waals surface area (Å²) in [7, 11) is 0. The first-order valence-electron chi connectivity index (χ1n) is 10.7. The minimum absolute atomic E-state index is 0.0796. The number of carbonyl (C=O) groups is 1. The van der Waals surface area contributed by atoms with Crippen LogP contribution < -0.4 is 9.91 Å². The van der Waals surface area contributed by atoms with E-state index in [1.165, 1.54) is 0 Å². The molecule has 0 aliphatic carbocycles. The monoisotopic (exact) mass is 417 g/mol. The number of carbonyl (C=O) groups excluding carboxylic acids is 1. The van der Waals surface area contributed by atoms with Gasteiger partial charge in [-0.05, 0) is 29.3 Å². The summed E-state index contributed by atoms with van der Waals surface area (Å²) in [5.74, 6) is -0.0796. The van der Waals surface area contributed by atoms with Crippen LogP contribution >= 0.6 is 0 Å². The predicted molar refractivity (Wildman–Crippen MR) is 130 cm³/mol. The van der Waals surface area contributed by atoms with Crippen molar-refractivity contribution in [2.45, 2.75) is 13.1 Å². The van der Waals surface area contributed by atoms with Crippen molar-refractivity contribution in [1.29, 1.82) is 0 Å². The highest BCUT2D eigenvalue weighted by Gasteiger charge is 2.34. The number of hydrogen-bond acceptors (Lipinski definition) is 3. The van der Waals surface area contributed by atoms with Gasteiger partial charge >= 0.3 is 0 Å². The van der Waals surface area contributed by atoms with Crippen LogP contribution in [0.2, 0.25) is 0 Å². The van der Waals surface area contributed by atoms with Crippen LogP contribution in [0.4, 0.5) is 11.4 Å². The number of hydrazone groups is 1. The van der Waals surface area contributed by atoms with E-state index in [0.29, 0.717) is 18.8 Å². The lowest BCUT2D eigenvalue weighted by Gasteiger charge is -2.20. The van der Waals surface area contributed by atoms with Crippen molar-refractivity contribution < 1.29 is 4.79 Å². The number of rotatable bonds is 6. The summed E-state index contributed by atoms with van der Waals surface area (Å²) in [5.41, 5.74) is 5.38. The van der Waals surface area contributed by atoms with Gasteiger partial charge in [0.05, 0.1) is 24.5 Å². The Labute approximate surface area is 188 Å². The Morgan fingerprint density at radius 1 is 0.656 bits per heavy atom. The maximum atomic E-state index is 13.6.